The van der Waals surface area contributed by atoms with Gasteiger partial charge in [0.1, 0.15) is 5.03 Å². The van der Waals surface area contributed by atoms with Crippen molar-refractivity contribution in [3.05, 3.63) is 23.9 Å². The van der Waals surface area contributed by atoms with Gasteiger partial charge in [0.2, 0.25) is 0 Å². The topological polar surface area (TPSA) is 24.9 Å². The second kappa shape index (κ2) is 4.80. The highest BCUT2D eigenvalue weighted by Crippen LogP contribution is 2.32. The Bertz CT molecular complexity index is 292. The van der Waals surface area contributed by atoms with Crippen molar-refractivity contribution in [1.82, 2.24) is 10.3 Å². The molecule has 0 bridgehead atoms. The lowest BCUT2D eigenvalue weighted by Gasteiger charge is -2.18. The average Bonchev–Trinajstić information content (AvgIpc) is 2.06. The number of hydrogen-bond acceptors (Lipinski definition) is 3. The Hall–Kier alpha value is -0.540. The highest BCUT2D eigenvalue weighted by molar-refractivity contribution is 8.00. The van der Waals surface area contributed by atoms with Crippen LogP contribution in [0.5, 0.6) is 0 Å². The summed E-state index contributed by atoms with van der Waals surface area (Å²) in [6.07, 6.45) is 1.85. The number of rotatable bonds is 3. The Balaban J connectivity index is 2.84. The van der Waals surface area contributed by atoms with E-state index in [4.69, 9.17) is 0 Å². The van der Waals surface area contributed by atoms with Crippen molar-refractivity contribution < 1.29 is 0 Å². The third-order valence-electron chi connectivity index (χ3n) is 1.62. The minimum atomic E-state index is 0.219. The summed E-state index contributed by atoms with van der Waals surface area (Å²) in [4.78, 5) is 4.41. The van der Waals surface area contributed by atoms with Gasteiger partial charge in [0.25, 0.3) is 0 Å². The lowest BCUT2D eigenvalue weighted by molar-refractivity contribution is 0.773. The third-order valence-corrected chi connectivity index (χ3v) is 2.79. The van der Waals surface area contributed by atoms with Crippen LogP contribution in [-0.4, -0.2) is 16.8 Å². The van der Waals surface area contributed by atoms with E-state index < -0.39 is 0 Å². The molecule has 0 aromatic carbocycles. The molecular formula is C11H18N2S. The Morgan fingerprint density at radius 3 is 2.71 bits per heavy atom. The molecule has 0 aliphatic heterocycles. The standard InChI is InChI=1S/C11H18N2S/c1-11(2,3)14-10-9(8-12-4)6-5-7-13-10/h5-7,12H,8H2,1-4H3. The van der Waals surface area contributed by atoms with Crippen LogP contribution in [-0.2, 0) is 6.54 Å². The van der Waals surface area contributed by atoms with E-state index >= 15 is 0 Å². The molecule has 1 rings (SSSR count). The highest BCUT2D eigenvalue weighted by Gasteiger charge is 2.15. The molecule has 0 aliphatic carbocycles. The monoisotopic (exact) mass is 210 g/mol. The highest BCUT2D eigenvalue weighted by atomic mass is 32.2. The van der Waals surface area contributed by atoms with Crippen molar-refractivity contribution in [3.63, 3.8) is 0 Å². The van der Waals surface area contributed by atoms with Crippen molar-refractivity contribution in [2.24, 2.45) is 0 Å². The lowest BCUT2D eigenvalue weighted by atomic mass is 10.3. The minimum Gasteiger partial charge on any atom is -0.316 e. The van der Waals surface area contributed by atoms with Crippen LogP contribution in [0.4, 0.5) is 0 Å². The minimum absolute atomic E-state index is 0.219. The molecule has 0 spiro atoms. The van der Waals surface area contributed by atoms with E-state index in [9.17, 15) is 0 Å². The molecule has 0 unspecified atom stereocenters. The van der Waals surface area contributed by atoms with Gasteiger partial charge in [-0.2, -0.15) is 0 Å². The number of aromatic nitrogens is 1. The van der Waals surface area contributed by atoms with Crippen LogP contribution < -0.4 is 5.32 Å². The average molecular weight is 210 g/mol. The van der Waals surface area contributed by atoms with Crippen LogP contribution in [0.3, 0.4) is 0 Å². The van der Waals surface area contributed by atoms with E-state index in [1.54, 1.807) is 0 Å². The summed E-state index contributed by atoms with van der Waals surface area (Å²) in [5.74, 6) is 0. The fourth-order valence-corrected chi connectivity index (χ4v) is 2.10. The summed E-state index contributed by atoms with van der Waals surface area (Å²) in [7, 11) is 1.96. The quantitative estimate of drug-likeness (QED) is 0.776. The van der Waals surface area contributed by atoms with Gasteiger partial charge >= 0.3 is 0 Å². The predicted molar refractivity (Wildman–Crippen MR) is 62.6 cm³/mol. The first kappa shape index (κ1) is 11.5. The zero-order valence-electron chi connectivity index (χ0n) is 9.29. The number of nitrogens with zero attached hydrogens (tertiary/aromatic N) is 1. The van der Waals surface area contributed by atoms with Gasteiger partial charge in [0.05, 0.1) is 0 Å². The van der Waals surface area contributed by atoms with Gasteiger partial charge < -0.3 is 5.32 Å². The second-order valence-corrected chi connectivity index (χ2v) is 6.03. The lowest BCUT2D eigenvalue weighted by Crippen LogP contribution is -2.11. The van der Waals surface area contributed by atoms with E-state index in [2.05, 4.69) is 37.1 Å². The first-order valence-corrected chi connectivity index (χ1v) is 5.62. The Kier molecular flexibility index (Phi) is 3.96. The zero-order valence-corrected chi connectivity index (χ0v) is 10.1. The van der Waals surface area contributed by atoms with Crippen molar-refractivity contribution in [3.8, 4) is 0 Å². The van der Waals surface area contributed by atoms with Crippen molar-refractivity contribution in [2.45, 2.75) is 37.1 Å². The molecule has 78 valence electrons. The fourth-order valence-electron chi connectivity index (χ4n) is 1.13. The van der Waals surface area contributed by atoms with Gasteiger partial charge in [0, 0.05) is 17.5 Å². The normalized spacial score (nSPS) is 11.7. The van der Waals surface area contributed by atoms with Gasteiger partial charge in [-0.3, -0.25) is 0 Å². The van der Waals surface area contributed by atoms with Gasteiger partial charge in [-0.25, -0.2) is 4.98 Å². The number of pyridine rings is 1. The van der Waals surface area contributed by atoms with E-state index in [1.165, 1.54) is 5.56 Å². The Morgan fingerprint density at radius 2 is 2.14 bits per heavy atom. The molecule has 0 fully saturated rings. The van der Waals surface area contributed by atoms with E-state index in [0.29, 0.717) is 0 Å². The summed E-state index contributed by atoms with van der Waals surface area (Å²) < 4.78 is 0.219. The molecular weight excluding hydrogens is 192 g/mol. The van der Waals surface area contributed by atoms with Gasteiger partial charge in [0.15, 0.2) is 0 Å². The number of nitrogens with one attached hydrogen (secondary N) is 1. The fraction of sp³-hybridized carbons (Fsp3) is 0.545. The summed E-state index contributed by atoms with van der Waals surface area (Å²) >= 11 is 1.82. The van der Waals surface area contributed by atoms with Gasteiger partial charge in [-0.05, 0) is 18.7 Å². The summed E-state index contributed by atoms with van der Waals surface area (Å²) in [5, 5.41) is 4.29. The van der Waals surface area contributed by atoms with Crippen LogP contribution in [0.25, 0.3) is 0 Å². The van der Waals surface area contributed by atoms with Crippen molar-refractivity contribution in [2.75, 3.05) is 7.05 Å². The molecule has 1 heterocycles. The van der Waals surface area contributed by atoms with Crippen LogP contribution in [0, 0.1) is 0 Å². The van der Waals surface area contributed by atoms with Crippen LogP contribution in [0.1, 0.15) is 26.3 Å². The second-order valence-electron chi connectivity index (χ2n) is 4.21. The largest absolute Gasteiger partial charge is 0.316 e. The molecule has 1 aromatic rings. The first-order chi connectivity index (χ1) is 6.53. The summed E-state index contributed by atoms with van der Waals surface area (Å²) in [6, 6.07) is 4.11. The summed E-state index contributed by atoms with van der Waals surface area (Å²) in [5.41, 5.74) is 1.27. The first-order valence-electron chi connectivity index (χ1n) is 4.80. The number of thioether (sulfide) groups is 1. The molecule has 0 radical (unpaired) electrons. The molecule has 0 amide bonds. The smallest absolute Gasteiger partial charge is 0.101 e. The third kappa shape index (κ3) is 3.68. The molecule has 0 atom stereocenters. The predicted octanol–water partition coefficient (Wildman–Crippen LogP) is 2.69. The van der Waals surface area contributed by atoms with Gasteiger partial charge in [-0.1, -0.05) is 26.8 Å². The van der Waals surface area contributed by atoms with Crippen molar-refractivity contribution in [1.29, 1.82) is 0 Å². The van der Waals surface area contributed by atoms with Crippen molar-refractivity contribution >= 4 is 11.8 Å². The maximum Gasteiger partial charge on any atom is 0.101 e. The van der Waals surface area contributed by atoms with E-state index in [1.807, 2.05) is 31.1 Å². The van der Waals surface area contributed by atoms with Gasteiger partial charge in [-0.15, -0.1) is 11.8 Å². The maximum absolute atomic E-state index is 4.41. The van der Waals surface area contributed by atoms with E-state index in [-0.39, 0.29) is 4.75 Å². The molecule has 0 saturated heterocycles. The molecule has 14 heavy (non-hydrogen) atoms. The number of hydrogen-bond donors (Lipinski definition) is 1. The Labute approximate surface area is 90.5 Å². The molecule has 1 aromatic heterocycles. The van der Waals surface area contributed by atoms with E-state index in [0.717, 1.165) is 11.6 Å². The zero-order chi connectivity index (χ0) is 10.6. The SMILES string of the molecule is CNCc1cccnc1SC(C)(C)C. The molecule has 0 aliphatic rings. The van der Waals surface area contributed by atoms with Crippen LogP contribution in [0.15, 0.2) is 23.4 Å². The molecule has 0 saturated carbocycles. The maximum atomic E-state index is 4.41. The van der Waals surface area contributed by atoms with Crippen LogP contribution >= 0.6 is 11.8 Å². The molecule has 3 heteroatoms. The Morgan fingerprint density at radius 1 is 1.43 bits per heavy atom. The van der Waals surface area contributed by atoms with Crippen LogP contribution in [0.2, 0.25) is 0 Å². The molecule has 1 N–H and O–H groups in total. The summed E-state index contributed by atoms with van der Waals surface area (Å²) in [6.45, 7) is 7.49. The molecule has 2 nitrogen and oxygen atoms in total.